The fraction of sp³-hybridized carbons (Fsp3) is 0.917. The third-order valence-electron chi connectivity index (χ3n) is 3.81. The van der Waals surface area contributed by atoms with Crippen molar-refractivity contribution in [1.82, 2.24) is 9.03 Å². The van der Waals surface area contributed by atoms with E-state index in [2.05, 4.69) is 4.72 Å². The number of nitrogens with zero attached hydrogens (tertiary/aromatic N) is 1. The van der Waals surface area contributed by atoms with Gasteiger partial charge in [0, 0.05) is 39.1 Å². The lowest BCUT2D eigenvalue weighted by atomic mass is 9.92. The Balaban J connectivity index is 2.16. The minimum absolute atomic E-state index is 0.122. The summed E-state index contributed by atoms with van der Waals surface area (Å²) in [6.45, 7) is 4.46. The van der Waals surface area contributed by atoms with E-state index in [4.69, 9.17) is 9.47 Å². The zero-order valence-electron chi connectivity index (χ0n) is 12.2. The van der Waals surface area contributed by atoms with E-state index >= 15 is 0 Å². The quantitative estimate of drug-likeness (QED) is 0.727. The number of ether oxygens (including phenoxy) is 2. The van der Waals surface area contributed by atoms with Crippen molar-refractivity contribution in [2.45, 2.75) is 44.4 Å². The molecular weight excluding hydrogens is 300 g/mol. The molecule has 21 heavy (non-hydrogen) atoms. The van der Waals surface area contributed by atoms with E-state index in [9.17, 15) is 18.3 Å². The predicted molar refractivity (Wildman–Crippen MR) is 74.1 cm³/mol. The summed E-state index contributed by atoms with van der Waals surface area (Å²) in [5, 5.41) is 9.43. The maximum Gasteiger partial charge on any atom is 0.325 e. The number of carbonyl (C=O) groups is 1. The SMILES string of the molecule is CC1CN(S(=O)(=O)NC2(C(=O)O)CCOCC2)CC(C)O1. The van der Waals surface area contributed by atoms with Crippen molar-refractivity contribution in [1.29, 1.82) is 0 Å². The van der Waals surface area contributed by atoms with Crippen LogP contribution in [0.15, 0.2) is 0 Å². The van der Waals surface area contributed by atoms with Crippen LogP contribution in [0.3, 0.4) is 0 Å². The van der Waals surface area contributed by atoms with Crippen LogP contribution < -0.4 is 4.72 Å². The largest absolute Gasteiger partial charge is 0.480 e. The van der Waals surface area contributed by atoms with Crippen molar-refractivity contribution in [3.05, 3.63) is 0 Å². The zero-order valence-corrected chi connectivity index (χ0v) is 13.1. The maximum absolute atomic E-state index is 12.5. The highest BCUT2D eigenvalue weighted by atomic mass is 32.2. The summed E-state index contributed by atoms with van der Waals surface area (Å²) in [5.74, 6) is -1.16. The molecule has 2 rings (SSSR count). The van der Waals surface area contributed by atoms with Crippen LogP contribution in [0.2, 0.25) is 0 Å². The van der Waals surface area contributed by atoms with Gasteiger partial charge in [-0.15, -0.1) is 0 Å². The standard InChI is InChI=1S/C12H22N2O6S/c1-9-7-14(8-10(2)20-9)21(17,18)13-12(11(15)16)3-5-19-6-4-12/h9-10,13H,3-8H2,1-2H3,(H,15,16). The van der Waals surface area contributed by atoms with Crippen LogP contribution in [-0.2, 0) is 24.5 Å². The second-order valence-corrected chi connectivity index (χ2v) is 7.35. The van der Waals surface area contributed by atoms with Crippen LogP contribution >= 0.6 is 0 Å². The Kier molecular flexibility index (Phi) is 4.89. The first-order valence-corrected chi connectivity index (χ1v) is 8.45. The molecule has 2 unspecified atom stereocenters. The molecule has 0 bridgehead atoms. The molecule has 0 spiro atoms. The molecule has 122 valence electrons. The molecule has 0 amide bonds. The van der Waals surface area contributed by atoms with E-state index in [1.807, 2.05) is 0 Å². The molecule has 2 aliphatic heterocycles. The normalized spacial score (nSPS) is 31.0. The summed E-state index contributed by atoms with van der Waals surface area (Å²) in [4.78, 5) is 11.5. The first-order chi connectivity index (χ1) is 9.75. The van der Waals surface area contributed by atoms with Crippen LogP contribution in [0.4, 0.5) is 0 Å². The molecule has 2 fully saturated rings. The fourth-order valence-corrected chi connectivity index (χ4v) is 4.44. The number of rotatable bonds is 4. The van der Waals surface area contributed by atoms with E-state index in [1.54, 1.807) is 13.8 Å². The van der Waals surface area contributed by atoms with Crippen LogP contribution in [0.1, 0.15) is 26.7 Å². The van der Waals surface area contributed by atoms with Crippen LogP contribution in [-0.4, -0.2) is 67.8 Å². The summed E-state index contributed by atoms with van der Waals surface area (Å²) in [6, 6.07) is 0. The average molecular weight is 322 g/mol. The number of nitrogens with one attached hydrogen (secondary N) is 1. The molecule has 0 radical (unpaired) electrons. The van der Waals surface area contributed by atoms with Crippen LogP contribution in [0.25, 0.3) is 0 Å². The van der Waals surface area contributed by atoms with E-state index in [-0.39, 0.29) is 51.4 Å². The predicted octanol–water partition coefficient (Wildman–Crippen LogP) is -0.436. The number of hydrogen-bond donors (Lipinski definition) is 2. The third kappa shape index (κ3) is 3.72. The molecule has 2 atom stereocenters. The Morgan fingerprint density at radius 2 is 1.76 bits per heavy atom. The minimum atomic E-state index is -3.89. The lowest BCUT2D eigenvalue weighted by Crippen LogP contribution is -2.62. The molecule has 0 aromatic heterocycles. The lowest BCUT2D eigenvalue weighted by Gasteiger charge is -2.38. The van der Waals surface area contributed by atoms with Gasteiger partial charge in [-0.3, -0.25) is 4.79 Å². The smallest absolute Gasteiger partial charge is 0.325 e. The number of carboxylic acid groups (broad SMARTS) is 1. The first-order valence-electron chi connectivity index (χ1n) is 7.01. The van der Waals surface area contributed by atoms with Gasteiger partial charge in [0.25, 0.3) is 10.2 Å². The van der Waals surface area contributed by atoms with Gasteiger partial charge >= 0.3 is 5.97 Å². The molecule has 0 aromatic carbocycles. The van der Waals surface area contributed by atoms with Crippen molar-refractivity contribution in [2.75, 3.05) is 26.3 Å². The van der Waals surface area contributed by atoms with E-state index in [1.165, 1.54) is 4.31 Å². The molecule has 2 N–H and O–H groups in total. The Morgan fingerprint density at radius 3 is 2.24 bits per heavy atom. The van der Waals surface area contributed by atoms with E-state index < -0.39 is 21.7 Å². The second kappa shape index (κ2) is 6.17. The Bertz CT molecular complexity index is 478. The second-order valence-electron chi connectivity index (χ2n) is 5.68. The molecule has 0 aromatic rings. The summed E-state index contributed by atoms with van der Waals surface area (Å²) in [7, 11) is -3.89. The van der Waals surface area contributed by atoms with Gasteiger partial charge < -0.3 is 14.6 Å². The molecule has 2 saturated heterocycles. The van der Waals surface area contributed by atoms with Crippen molar-refractivity contribution in [3.63, 3.8) is 0 Å². The summed E-state index contributed by atoms with van der Waals surface area (Å²) in [5.41, 5.74) is -1.48. The molecule has 2 heterocycles. The molecule has 2 aliphatic rings. The molecule has 9 heteroatoms. The van der Waals surface area contributed by atoms with E-state index in [0.29, 0.717) is 0 Å². The van der Waals surface area contributed by atoms with Gasteiger partial charge in [-0.2, -0.15) is 17.4 Å². The van der Waals surface area contributed by atoms with E-state index in [0.717, 1.165) is 0 Å². The average Bonchev–Trinajstić information content (AvgIpc) is 2.38. The highest BCUT2D eigenvalue weighted by molar-refractivity contribution is 7.87. The van der Waals surface area contributed by atoms with Crippen molar-refractivity contribution >= 4 is 16.2 Å². The third-order valence-corrected chi connectivity index (χ3v) is 5.43. The van der Waals surface area contributed by atoms with Crippen LogP contribution in [0, 0.1) is 0 Å². The molecular formula is C12H22N2O6S. The molecule has 0 aliphatic carbocycles. The van der Waals surface area contributed by atoms with Crippen LogP contribution in [0.5, 0.6) is 0 Å². The number of aliphatic carboxylic acids is 1. The number of carboxylic acids is 1. The summed E-state index contributed by atoms with van der Waals surface area (Å²) < 4.78 is 39.3. The van der Waals surface area contributed by atoms with Gasteiger partial charge in [0.1, 0.15) is 5.54 Å². The van der Waals surface area contributed by atoms with Gasteiger partial charge in [-0.25, -0.2) is 0 Å². The van der Waals surface area contributed by atoms with Gasteiger partial charge in [-0.05, 0) is 13.8 Å². The lowest BCUT2D eigenvalue weighted by molar-refractivity contribution is -0.148. The van der Waals surface area contributed by atoms with Crippen molar-refractivity contribution < 1.29 is 27.8 Å². The summed E-state index contributed by atoms with van der Waals surface area (Å²) in [6.07, 6.45) is -0.199. The Labute approximate surface area is 124 Å². The summed E-state index contributed by atoms with van der Waals surface area (Å²) >= 11 is 0. The molecule has 8 nitrogen and oxygen atoms in total. The van der Waals surface area contributed by atoms with Crippen molar-refractivity contribution in [3.8, 4) is 0 Å². The van der Waals surface area contributed by atoms with Gasteiger partial charge in [0.05, 0.1) is 12.2 Å². The Hall–Kier alpha value is -0.740. The van der Waals surface area contributed by atoms with Gasteiger partial charge in [-0.1, -0.05) is 0 Å². The maximum atomic E-state index is 12.5. The molecule has 0 saturated carbocycles. The Morgan fingerprint density at radius 1 is 1.24 bits per heavy atom. The first kappa shape index (κ1) is 16.6. The number of hydrogen-bond acceptors (Lipinski definition) is 5. The number of morpholine rings is 1. The van der Waals surface area contributed by atoms with Crippen molar-refractivity contribution in [2.24, 2.45) is 0 Å². The highest BCUT2D eigenvalue weighted by Gasteiger charge is 2.45. The fourth-order valence-electron chi connectivity index (χ4n) is 2.72. The highest BCUT2D eigenvalue weighted by Crippen LogP contribution is 2.24. The zero-order chi connectivity index (χ0) is 15.7. The topological polar surface area (TPSA) is 105 Å². The minimum Gasteiger partial charge on any atom is -0.480 e. The van der Waals surface area contributed by atoms with Gasteiger partial charge in [0.2, 0.25) is 0 Å². The van der Waals surface area contributed by atoms with Gasteiger partial charge in [0.15, 0.2) is 0 Å². The monoisotopic (exact) mass is 322 g/mol.